The summed E-state index contributed by atoms with van der Waals surface area (Å²) in [6.45, 7) is 2.09. The molecule has 1 amide bonds. The maximum atomic E-state index is 12.3. The monoisotopic (exact) mass is 310 g/mol. The molecule has 0 unspecified atom stereocenters. The Bertz CT molecular complexity index is 661. The number of carbonyl (C=O) groups excluding carboxylic acids is 1. The molecule has 0 bridgehead atoms. The van der Waals surface area contributed by atoms with Crippen molar-refractivity contribution in [1.82, 2.24) is 0 Å². The number of phenols is 1. The molecule has 0 aliphatic carbocycles. The predicted octanol–water partition coefficient (Wildman–Crippen LogP) is 3.56. The number of nitrogens with one attached hydrogen (secondary N) is 1. The van der Waals surface area contributed by atoms with E-state index < -0.39 is 0 Å². The van der Waals surface area contributed by atoms with Crippen molar-refractivity contribution in [3.63, 3.8) is 0 Å². The van der Waals surface area contributed by atoms with Crippen LogP contribution >= 0.6 is 0 Å². The minimum atomic E-state index is -0.0415. The summed E-state index contributed by atoms with van der Waals surface area (Å²) in [6.07, 6.45) is 3.99. The summed E-state index contributed by atoms with van der Waals surface area (Å²) in [5.74, 6) is 0.171. The largest absolute Gasteiger partial charge is 0.508 e. The van der Waals surface area contributed by atoms with E-state index in [0.29, 0.717) is 6.42 Å². The smallest absolute Gasteiger partial charge is 0.228 e. The molecule has 0 radical (unpaired) electrons. The van der Waals surface area contributed by atoms with Gasteiger partial charge in [0.1, 0.15) is 5.75 Å². The standard InChI is InChI=1S/C19H22N2O2/c22-16-10-8-15(9-11-16)14-19(23)20-17-6-2-3-7-18(17)21-12-4-1-5-13-21/h2-3,6-11,22H,1,4-5,12-14H2,(H,20,23). The molecule has 2 N–H and O–H groups in total. The molecule has 2 aromatic carbocycles. The first-order valence-electron chi connectivity index (χ1n) is 8.14. The van der Waals surface area contributed by atoms with Crippen molar-refractivity contribution in [1.29, 1.82) is 0 Å². The number of hydrogen-bond donors (Lipinski definition) is 2. The minimum absolute atomic E-state index is 0.0415. The van der Waals surface area contributed by atoms with Crippen LogP contribution in [0.3, 0.4) is 0 Å². The van der Waals surface area contributed by atoms with Gasteiger partial charge < -0.3 is 15.3 Å². The Kier molecular flexibility index (Phi) is 4.81. The number of nitrogens with zero attached hydrogens (tertiary/aromatic N) is 1. The Labute approximate surface area is 136 Å². The lowest BCUT2D eigenvalue weighted by molar-refractivity contribution is -0.115. The SMILES string of the molecule is O=C(Cc1ccc(O)cc1)Nc1ccccc1N1CCCCC1. The first-order chi connectivity index (χ1) is 11.2. The van der Waals surface area contributed by atoms with Gasteiger partial charge in [-0.05, 0) is 49.1 Å². The molecule has 1 aliphatic rings. The van der Waals surface area contributed by atoms with Gasteiger partial charge in [-0.2, -0.15) is 0 Å². The number of benzene rings is 2. The average Bonchev–Trinajstić information content (AvgIpc) is 2.58. The highest BCUT2D eigenvalue weighted by Gasteiger charge is 2.15. The second kappa shape index (κ2) is 7.18. The van der Waals surface area contributed by atoms with E-state index in [4.69, 9.17) is 0 Å². The maximum absolute atomic E-state index is 12.3. The van der Waals surface area contributed by atoms with E-state index in [9.17, 15) is 9.90 Å². The molecule has 1 fully saturated rings. The zero-order chi connectivity index (χ0) is 16.1. The topological polar surface area (TPSA) is 52.6 Å². The Morgan fingerprint density at radius 3 is 2.43 bits per heavy atom. The Morgan fingerprint density at radius 2 is 1.70 bits per heavy atom. The molecular weight excluding hydrogens is 288 g/mol. The lowest BCUT2D eigenvalue weighted by atomic mass is 10.1. The van der Waals surface area contributed by atoms with Gasteiger partial charge in [0.2, 0.25) is 5.91 Å². The second-order valence-corrected chi connectivity index (χ2v) is 5.96. The number of piperidine rings is 1. The fourth-order valence-corrected chi connectivity index (χ4v) is 2.98. The van der Waals surface area contributed by atoms with Gasteiger partial charge in [-0.25, -0.2) is 0 Å². The molecular formula is C19H22N2O2. The van der Waals surface area contributed by atoms with E-state index in [2.05, 4.69) is 16.3 Å². The van der Waals surface area contributed by atoms with Gasteiger partial charge in [-0.1, -0.05) is 24.3 Å². The molecule has 0 spiro atoms. The number of aromatic hydroxyl groups is 1. The number of para-hydroxylation sites is 2. The van der Waals surface area contributed by atoms with E-state index in [1.165, 1.54) is 19.3 Å². The van der Waals surface area contributed by atoms with E-state index >= 15 is 0 Å². The van der Waals surface area contributed by atoms with Crippen LogP contribution in [0, 0.1) is 0 Å². The second-order valence-electron chi connectivity index (χ2n) is 5.96. The molecule has 1 saturated heterocycles. The third-order valence-electron chi connectivity index (χ3n) is 4.18. The number of rotatable bonds is 4. The predicted molar refractivity (Wildman–Crippen MR) is 92.9 cm³/mol. The van der Waals surface area contributed by atoms with Crippen molar-refractivity contribution < 1.29 is 9.90 Å². The van der Waals surface area contributed by atoms with Crippen molar-refractivity contribution in [3.8, 4) is 5.75 Å². The van der Waals surface area contributed by atoms with Crippen LogP contribution in [0.15, 0.2) is 48.5 Å². The summed E-state index contributed by atoms with van der Waals surface area (Å²) >= 11 is 0. The fraction of sp³-hybridized carbons (Fsp3) is 0.316. The lowest BCUT2D eigenvalue weighted by Gasteiger charge is -2.30. The van der Waals surface area contributed by atoms with Crippen LogP contribution < -0.4 is 10.2 Å². The van der Waals surface area contributed by atoms with Crippen molar-refractivity contribution in [2.24, 2.45) is 0 Å². The van der Waals surface area contributed by atoms with Crippen molar-refractivity contribution in [2.45, 2.75) is 25.7 Å². The molecule has 0 atom stereocenters. The number of carbonyl (C=O) groups is 1. The Balaban J connectivity index is 1.69. The minimum Gasteiger partial charge on any atom is -0.508 e. The highest BCUT2D eigenvalue weighted by atomic mass is 16.3. The quantitative estimate of drug-likeness (QED) is 0.908. The Morgan fingerprint density at radius 1 is 1.00 bits per heavy atom. The number of anilines is 2. The van der Waals surface area contributed by atoms with Gasteiger partial charge >= 0.3 is 0 Å². The van der Waals surface area contributed by atoms with Gasteiger partial charge in [-0.3, -0.25) is 4.79 Å². The van der Waals surface area contributed by atoms with Crippen molar-refractivity contribution in [2.75, 3.05) is 23.3 Å². The maximum Gasteiger partial charge on any atom is 0.228 e. The summed E-state index contributed by atoms with van der Waals surface area (Å²) < 4.78 is 0. The zero-order valence-corrected chi connectivity index (χ0v) is 13.2. The van der Waals surface area contributed by atoms with Crippen LogP contribution in [-0.2, 0) is 11.2 Å². The lowest BCUT2D eigenvalue weighted by Crippen LogP contribution is -2.30. The first kappa shape index (κ1) is 15.4. The molecule has 0 saturated carbocycles. The van der Waals surface area contributed by atoms with Crippen molar-refractivity contribution >= 4 is 17.3 Å². The first-order valence-corrected chi connectivity index (χ1v) is 8.14. The third kappa shape index (κ3) is 4.03. The van der Waals surface area contributed by atoms with Gasteiger partial charge in [0.15, 0.2) is 0 Å². The van der Waals surface area contributed by atoms with Crippen LogP contribution in [0.1, 0.15) is 24.8 Å². The molecule has 4 heteroatoms. The summed E-state index contributed by atoms with van der Waals surface area (Å²) in [4.78, 5) is 14.7. The summed E-state index contributed by atoms with van der Waals surface area (Å²) in [5, 5.41) is 12.3. The van der Waals surface area contributed by atoms with Gasteiger partial charge in [0.25, 0.3) is 0 Å². The molecule has 120 valence electrons. The molecule has 23 heavy (non-hydrogen) atoms. The van der Waals surface area contributed by atoms with Crippen LogP contribution in [-0.4, -0.2) is 24.1 Å². The van der Waals surface area contributed by atoms with E-state index in [1.54, 1.807) is 24.3 Å². The van der Waals surface area contributed by atoms with E-state index in [0.717, 1.165) is 30.0 Å². The van der Waals surface area contributed by atoms with Crippen LogP contribution in [0.5, 0.6) is 5.75 Å². The molecule has 4 nitrogen and oxygen atoms in total. The molecule has 1 heterocycles. The zero-order valence-electron chi connectivity index (χ0n) is 13.2. The molecule has 1 aliphatic heterocycles. The molecule has 0 aromatic heterocycles. The molecule has 3 rings (SSSR count). The summed E-state index contributed by atoms with van der Waals surface area (Å²) in [6, 6.07) is 14.7. The fourth-order valence-electron chi connectivity index (χ4n) is 2.98. The van der Waals surface area contributed by atoms with Crippen LogP contribution in [0.2, 0.25) is 0 Å². The van der Waals surface area contributed by atoms with E-state index in [-0.39, 0.29) is 11.7 Å². The Hall–Kier alpha value is -2.49. The third-order valence-corrected chi connectivity index (χ3v) is 4.18. The van der Waals surface area contributed by atoms with Crippen LogP contribution in [0.4, 0.5) is 11.4 Å². The number of amides is 1. The normalized spacial score (nSPS) is 14.5. The molecule has 2 aromatic rings. The average molecular weight is 310 g/mol. The summed E-state index contributed by atoms with van der Waals surface area (Å²) in [7, 11) is 0. The van der Waals surface area contributed by atoms with Gasteiger partial charge in [0.05, 0.1) is 17.8 Å². The van der Waals surface area contributed by atoms with Crippen LogP contribution in [0.25, 0.3) is 0 Å². The highest BCUT2D eigenvalue weighted by Crippen LogP contribution is 2.28. The van der Waals surface area contributed by atoms with Gasteiger partial charge in [0, 0.05) is 13.1 Å². The van der Waals surface area contributed by atoms with Gasteiger partial charge in [-0.15, -0.1) is 0 Å². The summed E-state index contributed by atoms with van der Waals surface area (Å²) in [5.41, 5.74) is 2.86. The van der Waals surface area contributed by atoms with E-state index in [1.807, 2.05) is 18.2 Å². The number of hydrogen-bond acceptors (Lipinski definition) is 3. The number of phenolic OH excluding ortho intramolecular Hbond substituents is 1. The highest BCUT2D eigenvalue weighted by molar-refractivity contribution is 5.95. The van der Waals surface area contributed by atoms with Crippen molar-refractivity contribution in [3.05, 3.63) is 54.1 Å².